The largest absolute Gasteiger partial charge is 0.494 e. The number of carbonyl (C=O) groups excluding carboxylic acids is 3. The summed E-state index contributed by atoms with van der Waals surface area (Å²) < 4.78 is 7.26. The van der Waals surface area contributed by atoms with E-state index in [0.717, 1.165) is 0 Å². The van der Waals surface area contributed by atoms with Crippen LogP contribution in [0.25, 0.3) is 11.4 Å². The Bertz CT molecular complexity index is 1290. The fourth-order valence-corrected chi connectivity index (χ4v) is 3.80. The van der Waals surface area contributed by atoms with Gasteiger partial charge >= 0.3 is 0 Å². The van der Waals surface area contributed by atoms with Crippen molar-refractivity contribution in [3.63, 3.8) is 0 Å². The molecule has 0 aliphatic heterocycles. The Balaban J connectivity index is 1.63. The van der Waals surface area contributed by atoms with Crippen LogP contribution in [0.15, 0.2) is 36.8 Å². The van der Waals surface area contributed by atoms with Crippen molar-refractivity contribution in [2.45, 2.75) is 32.7 Å². The summed E-state index contributed by atoms with van der Waals surface area (Å²) in [4.78, 5) is 45.0. The topological polar surface area (TPSA) is 140 Å². The Kier molecular flexibility index (Phi) is 6.76. The van der Waals surface area contributed by atoms with E-state index in [1.54, 1.807) is 38.2 Å². The smallest absolute Gasteiger partial charge is 0.230 e. The van der Waals surface area contributed by atoms with Gasteiger partial charge in [-0.25, -0.2) is 9.97 Å². The third kappa shape index (κ3) is 5.29. The highest BCUT2D eigenvalue weighted by molar-refractivity contribution is 6.03. The number of pyridine rings is 1. The number of ether oxygens (including phenoxy) is 1. The quantitative estimate of drug-likeness (QED) is 0.400. The number of aromatic nitrogens is 4. The van der Waals surface area contributed by atoms with Crippen molar-refractivity contribution < 1.29 is 19.1 Å². The summed E-state index contributed by atoms with van der Waals surface area (Å²) in [5.41, 5.74) is 2.14. The predicted molar refractivity (Wildman–Crippen MR) is 129 cm³/mol. The number of hydrogen-bond acceptors (Lipinski definition) is 8. The Morgan fingerprint density at radius 2 is 2.00 bits per heavy atom. The van der Waals surface area contributed by atoms with Crippen molar-refractivity contribution >= 4 is 34.8 Å². The molecule has 4 rings (SSSR count). The summed E-state index contributed by atoms with van der Waals surface area (Å²) in [6.45, 7) is 3.19. The SMILES string of the molecule is CCC(=O)c1cnc(NC(=O)[C@@H]2C[C@H]2NC(C)=O)cc1Nc1cccc(-c2ncn(C)n2)c1OC. The first-order valence-corrected chi connectivity index (χ1v) is 11.2. The van der Waals surface area contributed by atoms with Crippen LogP contribution in [0.5, 0.6) is 5.75 Å². The van der Waals surface area contributed by atoms with Gasteiger partial charge in [0.25, 0.3) is 0 Å². The number of Topliss-reactive ketones (excluding diaryl/α,β-unsaturated/α-hetero) is 1. The van der Waals surface area contributed by atoms with E-state index in [9.17, 15) is 14.4 Å². The molecule has 2 heterocycles. The summed E-state index contributed by atoms with van der Waals surface area (Å²) >= 11 is 0. The van der Waals surface area contributed by atoms with Crippen LogP contribution in [0.1, 0.15) is 37.0 Å². The Labute approximate surface area is 202 Å². The molecule has 3 N–H and O–H groups in total. The van der Waals surface area contributed by atoms with E-state index in [0.29, 0.717) is 46.3 Å². The first-order chi connectivity index (χ1) is 16.8. The second-order valence-corrected chi connectivity index (χ2v) is 8.28. The Morgan fingerprint density at radius 3 is 2.66 bits per heavy atom. The minimum Gasteiger partial charge on any atom is -0.494 e. The Hall–Kier alpha value is -4.28. The molecule has 2 atom stereocenters. The molecule has 2 aromatic heterocycles. The van der Waals surface area contributed by atoms with E-state index in [-0.39, 0.29) is 36.0 Å². The number of hydrogen-bond donors (Lipinski definition) is 3. The highest BCUT2D eigenvalue weighted by Gasteiger charge is 2.43. The van der Waals surface area contributed by atoms with Crippen molar-refractivity contribution in [3.05, 3.63) is 42.4 Å². The number of amides is 2. The van der Waals surface area contributed by atoms with Gasteiger partial charge in [-0.2, -0.15) is 5.10 Å². The fourth-order valence-electron chi connectivity index (χ4n) is 3.80. The summed E-state index contributed by atoms with van der Waals surface area (Å²) in [5.74, 6) is 0.474. The van der Waals surface area contributed by atoms with Crippen LogP contribution in [-0.4, -0.2) is 50.5 Å². The molecule has 1 aliphatic carbocycles. The number of benzene rings is 1. The van der Waals surface area contributed by atoms with Crippen LogP contribution in [0.4, 0.5) is 17.2 Å². The van der Waals surface area contributed by atoms with E-state index in [2.05, 4.69) is 31.0 Å². The van der Waals surface area contributed by atoms with E-state index < -0.39 is 0 Å². The highest BCUT2D eigenvalue weighted by Crippen LogP contribution is 2.38. The average molecular weight is 478 g/mol. The lowest BCUT2D eigenvalue weighted by Gasteiger charge is -2.17. The molecule has 1 saturated carbocycles. The summed E-state index contributed by atoms with van der Waals surface area (Å²) in [5, 5.41) is 13.1. The number of methoxy groups -OCH3 is 1. The Morgan fingerprint density at radius 1 is 1.20 bits per heavy atom. The maximum absolute atomic E-state index is 12.6. The standard InChI is InChI=1S/C24H27N7O4/c1-5-20(33)16-11-25-21(29-24(34)15-9-18(15)27-13(2)32)10-19(16)28-17-8-6-7-14(22(17)35-4)23-26-12-31(3)30-23/h6-8,10-12,15,18H,5,9H2,1-4H3,(H,27,32)(H2,25,28,29,34)/t15-,18-/m1/s1. The maximum atomic E-state index is 12.6. The first kappa shape index (κ1) is 23.9. The molecule has 182 valence electrons. The molecular weight excluding hydrogens is 450 g/mol. The van der Waals surface area contributed by atoms with Gasteiger partial charge in [0.05, 0.1) is 35.5 Å². The molecule has 0 radical (unpaired) electrons. The molecule has 2 amide bonds. The third-order valence-electron chi connectivity index (χ3n) is 5.62. The van der Waals surface area contributed by atoms with Gasteiger partial charge in [-0.05, 0) is 18.6 Å². The van der Waals surface area contributed by atoms with E-state index >= 15 is 0 Å². The zero-order valence-corrected chi connectivity index (χ0v) is 20.0. The minimum atomic E-state index is -0.309. The van der Waals surface area contributed by atoms with Gasteiger partial charge in [0, 0.05) is 38.7 Å². The van der Waals surface area contributed by atoms with Gasteiger partial charge < -0.3 is 20.7 Å². The van der Waals surface area contributed by atoms with Crippen molar-refractivity contribution in [3.8, 4) is 17.1 Å². The van der Waals surface area contributed by atoms with Gasteiger partial charge in [0.2, 0.25) is 11.8 Å². The monoisotopic (exact) mass is 477 g/mol. The molecule has 3 aromatic rings. The molecule has 11 nitrogen and oxygen atoms in total. The van der Waals surface area contributed by atoms with Crippen molar-refractivity contribution in [2.24, 2.45) is 13.0 Å². The number of ketones is 1. The predicted octanol–water partition coefficient (Wildman–Crippen LogP) is 2.69. The fraction of sp³-hybridized carbons (Fsp3) is 0.333. The molecule has 0 bridgehead atoms. The van der Waals surface area contributed by atoms with Crippen LogP contribution in [0.2, 0.25) is 0 Å². The number of aryl methyl sites for hydroxylation is 1. The summed E-state index contributed by atoms with van der Waals surface area (Å²) in [6, 6.07) is 6.93. The highest BCUT2D eigenvalue weighted by atomic mass is 16.5. The number of nitrogens with one attached hydrogen (secondary N) is 3. The second kappa shape index (κ2) is 9.92. The number of para-hydroxylation sites is 1. The zero-order valence-electron chi connectivity index (χ0n) is 20.0. The second-order valence-electron chi connectivity index (χ2n) is 8.28. The molecule has 1 aromatic carbocycles. The normalized spacial score (nSPS) is 16.3. The van der Waals surface area contributed by atoms with Crippen molar-refractivity contribution in [1.82, 2.24) is 25.1 Å². The van der Waals surface area contributed by atoms with Gasteiger partial charge in [0.15, 0.2) is 17.4 Å². The van der Waals surface area contributed by atoms with Gasteiger partial charge in [-0.3, -0.25) is 19.1 Å². The first-order valence-electron chi connectivity index (χ1n) is 11.2. The maximum Gasteiger partial charge on any atom is 0.230 e. The lowest BCUT2D eigenvalue weighted by molar-refractivity contribution is -0.119. The van der Waals surface area contributed by atoms with Crippen LogP contribution in [0, 0.1) is 5.92 Å². The molecule has 0 spiro atoms. The zero-order chi connectivity index (χ0) is 25.1. The van der Waals surface area contributed by atoms with Crippen LogP contribution in [0.3, 0.4) is 0 Å². The number of anilines is 3. The molecule has 11 heteroatoms. The van der Waals surface area contributed by atoms with Gasteiger partial charge in [0.1, 0.15) is 12.1 Å². The molecule has 1 aliphatic rings. The van der Waals surface area contributed by atoms with E-state index in [4.69, 9.17) is 4.74 Å². The lowest BCUT2D eigenvalue weighted by atomic mass is 10.1. The summed E-state index contributed by atoms with van der Waals surface area (Å²) in [6.07, 6.45) is 3.91. The minimum absolute atomic E-state index is 0.104. The van der Waals surface area contributed by atoms with E-state index in [1.807, 2.05) is 18.2 Å². The number of rotatable bonds is 9. The number of nitrogens with zero attached hydrogens (tertiary/aromatic N) is 4. The van der Waals surface area contributed by atoms with Crippen LogP contribution >= 0.6 is 0 Å². The summed E-state index contributed by atoms with van der Waals surface area (Å²) in [7, 11) is 3.32. The van der Waals surface area contributed by atoms with Crippen LogP contribution < -0.4 is 20.7 Å². The van der Waals surface area contributed by atoms with Crippen molar-refractivity contribution in [1.29, 1.82) is 0 Å². The van der Waals surface area contributed by atoms with E-state index in [1.165, 1.54) is 13.1 Å². The number of carbonyl (C=O) groups is 3. The lowest BCUT2D eigenvalue weighted by Crippen LogP contribution is -2.27. The van der Waals surface area contributed by atoms with Gasteiger partial charge in [-0.15, -0.1) is 0 Å². The van der Waals surface area contributed by atoms with Crippen LogP contribution in [-0.2, 0) is 16.6 Å². The molecule has 1 fully saturated rings. The molecule has 0 saturated heterocycles. The molecule has 35 heavy (non-hydrogen) atoms. The molecule has 0 unspecified atom stereocenters. The molecular formula is C24H27N7O4. The van der Waals surface area contributed by atoms with Gasteiger partial charge in [-0.1, -0.05) is 13.0 Å². The average Bonchev–Trinajstić information content (AvgIpc) is 3.46. The third-order valence-corrected chi connectivity index (χ3v) is 5.62. The van der Waals surface area contributed by atoms with Crippen molar-refractivity contribution in [2.75, 3.05) is 17.7 Å².